The summed E-state index contributed by atoms with van der Waals surface area (Å²) in [6.07, 6.45) is 5.35. The Morgan fingerprint density at radius 1 is 0.816 bits per heavy atom. The van der Waals surface area contributed by atoms with Crippen LogP contribution in [0, 0.1) is 5.92 Å². The summed E-state index contributed by atoms with van der Waals surface area (Å²) in [4.78, 5) is 42.8. The number of nitrogens with one attached hydrogen (secondary N) is 1. The molecule has 1 saturated heterocycles. The summed E-state index contributed by atoms with van der Waals surface area (Å²) in [5, 5.41) is 2.87. The summed E-state index contributed by atoms with van der Waals surface area (Å²) in [5.41, 5.74) is 2.11. The lowest BCUT2D eigenvalue weighted by Gasteiger charge is -2.33. The highest BCUT2D eigenvalue weighted by Crippen LogP contribution is 2.26. The molecule has 194 valence electrons. The van der Waals surface area contributed by atoms with Crippen molar-refractivity contribution in [2.24, 2.45) is 5.92 Å². The number of nitrogens with zero attached hydrogens (tertiary/aromatic N) is 2. The first-order valence-corrected chi connectivity index (χ1v) is 13.0. The lowest BCUT2D eigenvalue weighted by atomic mass is 9.93. The molecule has 7 heteroatoms. The van der Waals surface area contributed by atoms with Crippen LogP contribution >= 0.6 is 0 Å². The van der Waals surface area contributed by atoms with E-state index >= 15 is 0 Å². The molecule has 2 aliphatic heterocycles. The van der Waals surface area contributed by atoms with Crippen molar-refractivity contribution in [3.05, 3.63) is 114 Å². The van der Waals surface area contributed by atoms with Crippen molar-refractivity contribution in [3.8, 4) is 0 Å². The lowest BCUT2D eigenvalue weighted by Crippen LogP contribution is -2.40. The maximum Gasteiger partial charge on any atom is 0.255 e. The summed E-state index contributed by atoms with van der Waals surface area (Å²) < 4.78 is 5.69. The van der Waals surface area contributed by atoms with E-state index in [0.717, 1.165) is 37.9 Å². The smallest absolute Gasteiger partial charge is 0.255 e. The molecule has 0 spiro atoms. The van der Waals surface area contributed by atoms with Crippen LogP contribution in [0.3, 0.4) is 0 Å². The van der Waals surface area contributed by atoms with E-state index in [1.165, 1.54) is 0 Å². The number of carbonyl (C=O) groups is 3. The maximum atomic E-state index is 13.5. The van der Waals surface area contributed by atoms with E-state index in [9.17, 15) is 14.4 Å². The van der Waals surface area contributed by atoms with E-state index in [1.807, 2.05) is 52.4 Å². The predicted molar refractivity (Wildman–Crippen MR) is 146 cm³/mol. The van der Waals surface area contributed by atoms with Crippen molar-refractivity contribution in [2.45, 2.75) is 25.5 Å². The second-order valence-electron chi connectivity index (χ2n) is 9.63. The highest BCUT2D eigenvalue weighted by Gasteiger charge is 2.32. The van der Waals surface area contributed by atoms with Crippen molar-refractivity contribution in [2.75, 3.05) is 25.0 Å². The fraction of sp³-hybridized carbons (Fsp3) is 0.258. The number of hydrogen-bond acceptors (Lipinski definition) is 5. The molecule has 7 nitrogen and oxygen atoms in total. The monoisotopic (exact) mass is 509 g/mol. The average Bonchev–Trinajstić information content (AvgIpc) is 3.45. The Hall–Kier alpha value is -4.39. The maximum absolute atomic E-state index is 13.5. The third-order valence-electron chi connectivity index (χ3n) is 7.18. The van der Waals surface area contributed by atoms with Gasteiger partial charge in [0.15, 0.2) is 0 Å². The second kappa shape index (κ2) is 11.8. The summed E-state index contributed by atoms with van der Waals surface area (Å²) in [6.45, 7) is 2.14. The third-order valence-corrected chi connectivity index (χ3v) is 7.18. The number of anilines is 1. The second-order valence-corrected chi connectivity index (χ2v) is 9.63. The molecule has 38 heavy (non-hydrogen) atoms. The number of likely N-dealkylation sites (tertiary alicyclic amines) is 1. The Kier molecular flexibility index (Phi) is 7.83. The van der Waals surface area contributed by atoms with Crippen molar-refractivity contribution < 1.29 is 19.1 Å². The van der Waals surface area contributed by atoms with Gasteiger partial charge in [-0.25, -0.2) is 0 Å². The van der Waals surface area contributed by atoms with E-state index in [-0.39, 0.29) is 17.6 Å². The van der Waals surface area contributed by atoms with Gasteiger partial charge in [0.2, 0.25) is 12.0 Å². The number of ether oxygens (including phenoxy) is 1. The normalized spacial score (nSPS) is 17.2. The van der Waals surface area contributed by atoms with Crippen LogP contribution in [0.5, 0.6) is 0 Å². The van der Waals surface area contributed by atoms with Gasteiger partial charge in [0.1, 0.15) is 6.26 Å². The minimum absolute atomic E-state index is 0.0867. The number of para-hydroxylation sites is 1. The minimum atomic E-state index is -0.774. The lowest BCUT2D eigenvalue weighted by molar-refractivity contribution is 0.0386. The summed E-state index contributed by atoms with van der Waals surface area (Å²) in [7, 11) is 0. The van der Waals surface area contributed by atoms with E-state index in [4.69, 9.17) is 4.74 Å². The standard InChI is InChI=1S/C31H31N3O4/c35-28(26-13-7-8-14-27(26)32-29(36)24-9-3-1-4-10-24)31-34(21-22-38-31)20-17-23-15-18-33(19-16-23)30(37)25-11-5-2-6-12-25/h1-14,21-23,31H,15-20H2,(H,32,36). The Balaban J connectivity index is 1.16. The van der Waals surface area contributed by atoms with Crippen LogP contribution in [0.15, 0.2) is 97.4 Å². The molecule has 2 aliphatic rings. The number of carbonyl (C=O) groups excluding carboxylic acids is 3. The first-order chi connectivity index (χ1) is 18.6. The van der Waals surface area contributed by atoms with Gasteiger partial charge in [0.25, 0.3) is 11.8 Å². The van der Waals surface area contributed by atoms with Crippen molar-refractivity contribution >= 4 is 23.3 Å². The van der Waals surface area contributed by atoms with Gasteiger partial charge in [-0.05, 0) is 61.6 Å². The van der Waals surface area contributed by atoms with Crippen LogP contribution in [-0.4, -0.2) is 53.3 Å². The van der Waals surface area contributed by atoms with Gasteiger partial charge in [0.05, 0.1) is 5.69 Å². The molecule has 2 heterocycles. The van der Waals surface area contributed by atoms with Gasteiger partial charge in [-0.15, -0.1) is 0 Å². The molecule has 2 amide bonds. The molecule has 3 aromatic rings. The molecule has 0 bridgehead atoms. The van der Waals surface area contributed by atoms with Crippen LogP contribution < -0.4 is 5.32 Å². The fourth-order valence-corrected chi connectivity index (χ4v) is 4.99. The van der Waals surface area contributed by atoms with Crippen molar-refractivity contribution in [1.82, 2.24) is 9.80 Å². The average molecular weight is 510 g/mol. The van der Waals surface area contributed by atoms with Gasteiger partial charge in [0, 0.05) is 42.5 Å². The van der Waals surface area contributed by atoms with Gasteiger partial charge in [-0.1, -0.05) is 48.5 Å². The van der Waals surface area contributed by atoms with Crippen LogP contribution in [0.25, 0.3) is 0 Å². The number of rotatable bonds is 8. The zero-order valence-corrected chi connectivity index (χ0v) is 21.2. The number of amides is 2. The summed E-state index contributed by atoms with van der Waals surface area (Å²) >= 11 is 0. The fourth-order valence-electron chi connectivity index (χ4n) is 4.99. The largest absolute Gasteiger partial charge is 0.469 e. The topological polar surface area (TPSA) is 79.0 Å². The predicted octanol–water partition coefficient (Wildman–Crippen LogP) is 5.19. The van der Waals surface area contributed by atoms with E-state index in [1.54, 1.807) is 54.8 Å². The van der Waals surface area contributed by atoms with Gasteiger partial charge in [-0.2, -0.15) is 0 Å². The highest BCUT2D eigenvalue weighted by molar-refractivity contribution is 6.10. The molecule has 0 aromatic heterocycles. The number of ketones is 1. The van der Waals surface area contributed by atoms with Crippen LogP contribution in [0.2, 0.25) is 0 Å². The molecule has 5 rings (SSSR count). The molecule has 3 aromatic carbocycles. The Bertz CT molecular complexity index is 1300. The minimum Gasteiger partial charge on any atom is -0.469 e. The molecule has 0 saturated carbocycles. The molecular weight excluding hydrogens is 478 g/mol. The molecular formula is C31H31N3O4. The molecule has 1 atom stereocenters. The first kappa shape index (κ1) is 25.3. The van der Waals surface area contributed by atoms with E-state index in [2.05, 4.69) is 5.32 Å². The van der Waals surface area contributed by atoms with Crippen LogP contribution in [0.4, 0.5) is 5.69 Å². The molecule has 1 fully saturated rings. The quantitative estimate of drug-likeness (QED) is 0.423. The van der Waals surface area contributed by atoms with Crippen molar-refractivity contribution in [1.29, 1.82) is 0 Å². The number of piperidine rings is 1. The van der Waals surface area contributed by atoms with Gasteiger partial charge < -0.3 is 19.9 Å². The molecule has 1 unspecified atom stereocenters. The van der Waals surface area contributed by atoms with E-state index in [0.29, 0.717) is 29.3 Å². The Morgan fingerprint density at radius 3 is 2.16 bits per heavy atom. The Morgan fingerprint density at radius 2 is 1.45 bits per heavy atom. The zero-order valence-electron chi connectivity index (χ0n) is 21.2. The third kappa shape index (κ3) is 5.78. The molecule has 1 N–H and O–H groups in total. The SMILES string of the molecule is O=C(Nc1ccccc1C(=O)C1OC=CN1CCC1CCN(C(=O)c2ccccc2)CC1)c1ccccc1. The molecule has 0 aliphatic carbocycles. The summed E-state index contributed by atoms with van der Waals surface area (Å²) in [5.74, 6) is 0.0770. The van der Waals surface area contributed by atoms with Crippen LogP contribution in [0.1, 0.15) is 50.3 Å². The van der Waals surface area contributed by atoms with E-state index < -0.39 is 6.23 Å². The molecule has 0 radical (unpaired) electrons. The number of Topliss-reactive ketones (excluding diaryl/α,β-unsaturated/α-hetero) is 1. The summed E-state index contributed by atoms with van der Waals surface area (Å²) in [6, 6.07) is 25.3. The van der Waals surface area contributed by atoms with Gasteiger partial charge in [-0.3, -0.25) is 14.4 Å². The zero-order chi connectivity index (χ0) is 26.3. The number of hydrogen-bond donors (Lipinski definition) is 1. The number of benzene rings is 3. The first-order valence-electron chi connectivity index (χ1n) is 13.0. The highest BCUT2D eigenvalue weighted by atomic mass is 16.5. The van der Waals surface area contributed by atoms with Crippen LogP contribution in [-0.2, 0) is 4.74 Å². The Labute approximate surface area is 222 Å². The van der Waals surface area contributed by atoms with Gasteiger partial charge >= 0.3 is 0 Å². The van der Waals surface area contributed by atoms with Crippen molar-refractivity contribution in [3.63, 3.8) is 0 Å².